The summed E-state index contributed by atoms with van der Waals surface area (Å²) in [5.41, 5.74) is 13.3. The average Bonchev–Trinajstić information content (AvgIpc) is 2.63. The van der Waals surface area contributed by atoms with Crippen LogP contribution in [0.2, 0.25) is 0 Å². The van der Waals surface area contributed by atoms with Crippen LogP contribution in [0.1, 0.15) is 17.5 Å². The van der Waals surface area contributed by atoms with Crippen molar-refractivity contribution in [2.24, 2.45) is 0 Å². The highest BCUT2D eigenvalue weighted by Gasteiger charge is 2.15. The van der Waals surface area contributed by atoms with Crippen molar-refractivity contribution in [3.63, 3.8) is 0 Å². The van der Waals surface area contributed by atoms with Gasteiger partial charge in [0.15, 0.2) is 0 Å². The topological polar surface area (TPSA) is 39.6 Å². The van der Waals surface area contributed by atoms with Crippen LogP contribution in [0.4, 0.5) is 0 Å². The van der Waals surface area contributed by atoms with E-state index in [-0.39, 0.29) is 0 Å². The fourth-order valence-electron chi connectivity index (χ4n) is 2.69. The normalized spacial score (nSPS) is 13.4. The third kappa shape index (κ3) is 4.06. The lowest BCUT2D eigenvalue weighted by molar-refractivity contribution is -0.00560. The molecule has 0 saturated carbocycles. The summed E-state index contributed by atoms with van der Waals surface area (Å²) in [5.74, 6) is 0. The van der Waals surface area contributed by atoms with Crippen molar-refractivity contribution in [1.82, 2.24) is 4.90 Å². The minimum absolute atomic E-state index is 0.671. The Kier molecular flexibility index (Phi) is 4.82. The van der Waals surface area contributed by atoms with Crippen molar-refractivity contribution in [1.29, 1.82) is 0 Å². The van der Waals surface area contributed by atoms with E-state index >= 15 is 0 Å². The summed E-state index contributed by atoms with van der Waals surface area (Å²) in [5, 5.41) is 0. The SMILES string of the molecule is [N-]=[N+]=C1C=C(N(Cc2ccccc2)Cc2ccccc2)C=CC1. The number of nitrogens with zero attached hydrogens (tertiary/aromatic N) is 3. The highest BCUT2D eigenvalue weighted by molar-refractivity contribution is 5.93. The lowest BCUT2D eigenvalue weighted by Crippen LogP contribution is -2.23. The summed E-state index contributed by atoms with van der Waals surface area (Å²) >= 11 is 0. The molecule has 23 heavy (non-hydrogen) atoms. The molecule has 0 unspecified atom stereocenters. The van der Waals surface area contributed by atoms with Crippen LogP contribution in [-0.4, -0.2) is 15.4 Å². The van der Waals surface area contributed by atoms with Gasteiger partial charge in [0.2, 0.25) is 0 Å². The molecule has 0 radical (unpaired) electrons. The maximum Gasteiger partial charge on any atom is 0.297 e. The van der Waals surface area contributed by atoms with E-state index in [2.05, 4.69) is 64.3 Å². The summed E-state index contributed by atoms with van der Waals surface area (Å²) in [4.78, 5) is 5.65. The quantitative estimate of drug-likeness (QED) is 0.602. The van der Waals surface area contributed by atoms with Crippen molar-refractivity contribution in [2.75, 3.05) is 0 Å². The van der Waals surface area contributed by atoms with Crippen LogP contribution in [0.3, 0.4) is 0 Å². The first-order valence-electron chi connectivity index (χ1n) is 7.77. The van der Waals surface area contributed by atoms with E-state index in [9.17, 15) is 0 Å². The highest BCUT2D eigenvalue weighted by atomic mass is 15.1. The van der Waals surface area contributed by atoms with Gasteiger partial charge in [-0.05, 0) is 17.2 Å². The third-order valence-electron chi connectivity index (χ3n) is 3.86. The minimum Gasteiger partial charge on any atom is -0.363 e. The molecule has 3 heteroatoms. The molecule has 0 spiro atoms. The highest BCUT2D eigenvalue weighted by Crippen LogP contribution is 2.19. The molecule has 3 rings (SSSR count). The zero-order chi connectivity index (χ0) is 15.9. The zero-order valence-electron chi connectivity index (χ0n) is 13.0. The van der Waals surface area contributed by atoms with E-state index in [4.69, 9.17) is 5.53 Å². The van der Waals surface area contributed by atoms with Crippen LogP contribution >= 0.6 is 0 Å². The maximum atomic E-state index is 9.06. The van der Waals surface area contributed by atoms with Crippen molar-refractivity contribution in [2.45, 2.75) is 19.5 Å². The van der Waals surface area contributed by atoms with Gasteiger partial charge in [0.25, 0.3) is 5.71 Å². The van der Waals surface area contributed by atoms with Gasteiger partial charge >= 0.3 is 0 Å². The van der Waals surface area contributed by atoms with E-state index in [0.29, 0.717) is 12.1 Å². The summed E-state index contributed by atoms with van der Waals surface area (Å²) in [6, 6.07) is 20.8. The fraction of sp³-hybridized carbons (Fsp3) is 0.150. The molecular formula is C20H19N3. The van der Waals surface area contributed by atoms with Gasteiger partial charge in [-0.25, -0.2) is 0 Å². The number of rotatable bonds is 5. The van der Waals surface area contributed by atoms with Crippen LogP contribution < -0.4 is 0 Å². The first kappa shape index (κ1) is 15.0. The molecule has 0 heterocycles. The summed E-state index contributed by atoms with van der Waals surface area (Å²) in [6.45, 7) is 1.62. The van der Waals surface area contributed by atoms with Crippen LogP contribution in [-0.2, 0) is 13.1 Å². The molecule has 2 aromatic carbocycles. The third-order valence-corrected chi connectivity index (χ3v) is 3.86. The molecule has 0 aliphatic heterocycles. The van der Waals surface area contributed by atoms with Crippen LogP contribution in [0.5, 0.6) is 0 Å². The van der Waals surface area contributed by atoms with Crippen molar-refractivity contribution in [3.05, 3.63) is 101 Å². The van der Waals surface area contributed by atoms with Gasteiger partial charge in [-0.3, -0.25) is 0 Å². The Morgan fingerprint density at radius 3 is 1.96 bits per heavy atom. The number of allylic oxidation sites excluding steroid dienone is 3. The van der Waals surface area contributed by atoms with E-state index in [1.165, 1.54) is 11.1 Å². The Morgan fingerprint density at radius 1 is 0.870 bits per heavy atom. The number of benzene rings is 2. The zero-order valence-corrected chi connectivity index (χ0v) is 13.0. The molecular weight excluding hydrogens is 282 g/mol. The van der Waals surface area contributed by atoms with E-state index in [1.807, 2.05) is 24.3 Å². The lowest BCUT2D eigenvalue weighted by Gasteiger charge is -2.27. The second-order valence-corrected chi connectivity index (χ2v) is 5.59. The first-order valence-corrected chi connectivity index (χ1v) is 7.77. The van der Waals surface area contributed by atoms with Gasteiger partial charge in [0.1, 0.15) is 0 Å². The van der Waals surface area contributed by atoms with Gasteiger partial charge in [-0.15, -0.1) is 0 Å². The molecule has 3 nitrogen and oxygen atoms in total. The Bertz CT molecular complexity index is 712. The molecule has 0 saturated heterocycles. The predicted molar refractivity (Wildman–Crippen MR) is 92.6 cm³/mol. The average molecular weight is 301 g/mol. The fourth-order valence-corrected chi connectivity index (χ4v) is 2.69. The van der Waals surface area contributed by atoms with Crippen LogP contribution in [0, 0.1) is 0 Å². The Morgan fingerprint density at radius 2 is 1.43 bits per heavy atom. The molecule has 0 aromatic heterocycles. The maximum absolute atomic E-state index is 9.06. The van der Waals surface area contributed by atoms with E-state index in [0.717, 1.165) is 18.8 Å². The Hall–Kier alpha value is -2.90. The standard InChI is InChI=1S/C20H19N3/c21-22-19-12-7-13-20(14-19)23(15-17-8-3-1-4-9-17)16-18-10-5-2-6-11-18/h1-11,13-14H,12,15-16H2. The van der Waals surface area contributed by atoms with Crippen LogP contribution in [0.15, 0.2) is 84.6 Å². The largest absolute Gasteiger partial charge is 0.363 e. The van der Waals surface area contributed by atoms with Gasteiger partial charge in [-0.2, -0.15) is 4.79 Å². The molecule has 0 amide bonds. The molecule has 114 valence electrons. The monoisotopic (exact) mass is 301 g/mol. The van der Waals surface area contributed by atoms with Gasteiger partial charge in [-0.1, -0.05) is 66.7 Å². The molecule has 1 aliphatic rings. The van der Waals surface area contributed by atoms with Gasteiger partial charge in [0, 0.05) is 24.9 Å². The van der Waals surface area contributed by atoms with Crippen molar-refractivity contribution in [3.8, 4) is 0 Å². The minimum atomic E-state index is 0.671. The van der Waals surface area contributed by atoms with Crippen molar-refractivity contribution < 1.29 is 4.79 Å². The van der Waals surface area contributed by atoms with Crippen molar-refractivity contribution >= 4 is 5.71 Å². The molecule has 0 atom stereocenters. The smallest absolute Gasteiger partial charge is 0.297 e. The summed E-state index contributed by atoms with van der Waals surface area (Å²) in [6.07, 6.45) is 6.75. The molecule has 2 aromatic rings. The molecule has 0 N–H and O–H groups in total. The van der Waals surface area contributed by atoms with E-state index in [1.54, 1.807) is 0 Å². The molecule has 0 bridgehead atoms. The van der Waals surface area contributed by atoms with E-state index < -0.39 is 0 Å². The van der Waals surface area contributed by atoms with Gasteiger partial charge in [0.05, 0.1) is 6.42 Å². The van der Waals surface area contributed by atoms with Gasteiger partial charge < -0.3 is 10.4 Å². The predicted octanol–water partition coefficient (Wildman–Crippen LogP) is 4.20. The summed E-state index contributed by atoms with van der Waals surface area (Å²) in [7, 11) is 0. The number of hydrogen-bond donors (Lipinski definition) is 0. The number of hydrogen-bond acceptors (Lipinski definition) is 1. The molecule has 0 fully saturated rings. The molecule has 1 aliphatic carbocycles. The van der Waals surface area contributed by atoms with Crippen LogP contribution in [0.25, 0.3) is 5.53 Å². The first-order chi connectivity index (χ1) is 11.3. The second-order valence-electron chi connectivity index (χ2n) is 5.59. The second kappa shape index (κ2) is 7.39. The summed E-state index contributed by atoms with van der Waals surface area (Å²) < 4.78 is 0. The Labute approximate surface area is 136 Å². The lowest BCUT2D eigenvalue weighted by atomic mass is 10.1. The Balaban J connectivity index is 1.88.